The predicted molar refractivity (Wildman–Crippen MR) is 130 cm³/mol. The Hall–Kier alpha value is -3.81. The average molecular weight is 429 g/mol. The van der Waals surface area contributed by atoms with Gasteiger partial charge in [-0.3, -0.25) is 9.91 Å². The number of benzene rings is 3. The summed E-state index contributed by atoms with van der Waals surface area (Å²) in [5, 5.41) is 7.66. The molecule has 1 aliphatic rings. The van der Waals surface area contributed by atoms with Crippen LogP contribution >= 0.6 is 0 Å². The third-order valence-corrected chi connectivity index (χ3v) is 5.15. The zero-order chi connectivity index (χ0) is 22.3. The van der Waals surface area contributed by atoms with E-state index in [4.69, 9.17) is 0 Å². The Kier molecular flexibility index (Phi) is 6.69. The first-order valence-electron chi connectivity index (χ1n) is 10.5. The van der Waals surface area contributed by atoms with Gasteiger partial charge in [0.25, 0.3) is 0 Å². The van der Waals surface area contributed by atoms with Crippen LogP contribution in [0.15, 0.2) is 90.8 Å². The quantitative estimate of drug-likeness (QED) is 0.448. The molecular formula is C25H28N6O. The second-order valence-corrected chi connectivity index (χ2v) is 7.86. The molecule has 0 fully saturated rings. The molecule has 0 aromatic heterocycles. The number of anilines is 3. The van der Waals surface area contributed by atoms with Gasteiger partial charge in [-0.25, -0.2) is 4.79 Å². The minimum atomic E-state index is -0.267. The van der Waals surface area contributed by atoms with E-state index in [0.717, 1.165) is 41.4 Å². The number of nitrogens with zero attached hydrogens (tertiary/aromatic N) is 2. The Labute approximate surface area is 188 Å². The number of amides is 2. The summed E-state index contributed by atoms with van der Waals surface area (Å²) in [6.07, 6.45) is 2.04. The molecule has 0 unspecified atom stereocenters. The van der Waals surface area contributed by atoms with Gasteiger partial charge in [0.1, 0.15) is 0 Å². The van der Waals surface area contributed by atoms with Crippen molar-refractivity contribution in [2.45, 2.75) is 13.5 Å². The highest BCUT2D eigenvalue weighted by Crippen LogP contribution is 2.20. The van der Waals surface area contributed by atoms with Crippen molar-refractivity contribution < 1.29 is 4.79 Å². The van der Waals surface area contributed by atoms with Crippen molar-refractivity contribution >= 4 is 23.1 Å². The van der Waals surface area contributed by atoms with E-state index in [9.17, 15) is 4.79 Å². The zero-order valence-corrected chi connectivity index (χ0v) is 18.3. The third-order valence-electron chi connectivity index (χ3n) is 5.15. The lowest BCUT2D eigenvalue weighted by molar-refractivity contribution is 0.262. The fourth-order valence-electron chi connectivity index (χ4n) is 3.52. The number of hydrogen-bond acceptors (Lipinski definition) is 5. The zero-order valence-electron chi connectivity index (χ0n) is 18.3. The average Bonchev–Trinajstić information content (AvgIpc) is 3.25. The van der Waals surface area contributed by atoms with Crippen LogP contribution in [0.4, 0.5) is 21.9 Å². The van der Waals surface area contributed by atoms with Crippen LogP contribution in [-0.2, 0) is 6.54 Å². The molecule has 0 bridgehead atoms. The van der Waals surface area contributed by atoms with Gasteiger partial charge in [-0.05, 0) is 55.4 Å². The second-order valence-electron chi connectivity index (χ2n) is 7.86. The summed E-state index contributed by atoms with van der Waals surface area (Å²) in [4.78, 5) is 14.5. The Balaban J connectivity index is 1.30. The van der Waals surface area contributed by atoms with Crippen molar-refractivity contribution in [3.63, 3.8) is 0 Å². The summed E-state index contributed by atoms with van der Waals surface area (Å²) in [5.41, 5.74) is 12.2. The Morgan fingerprint density at radius 2 is 1.62 bits per heavy atom. The molecule has 1 aliphatic heterocycles. The molecule has 3 aromatic carbocycles. The molecule has 0 saturated carbocycles. The minimum absolute atomic E-state index is 0.267. The predicted octanol–water partition coefficient (Wildman–Crippen LogP) is 4.44. The summed E-state index contributed by atoms with van der Waals surface area (Å²) < 4.78 is 0. The maximum absolute atomic E-state index is 12.3. The summed E-state index contributed by atoms with van der Waals surface area (Å²) in [6.45, 7) is 3.63. The largest absolute Gasteiger partial charge is 0.323 e. The normalized spacial score (nSPS) is 13.0. The molecule has 0 atom stereocenters. The van der Waals surface area contributed by atoms with Crippen LogP contribution in [0.2, 0.25) is 0 Å². The Morgan fingerprint density at radius 1 is 0.906 bits per heavy atom. The van der Waals surface area contributed by atoms with E-state index in [0.29, 0.717) is 0 Å². The highest BCUT2D eigenvalue weighted by atomic mass is 16.2. The molecule has 1 heterocycles. The van der Waals surface area contributed by atoms with Crippen molar-refractivity contribution in [1.82, 2.24) is 15.9 Å². The number of nitrogens with one attached hydrogen (secondary N) is 4. The molecule has 32 heavy (non-hydrogen) atoms. The van der Waals surface area contributed by atoms with Crippen LogP contribution < -0.4 is 26.6 Å². The molecule has 4 N–H and O–H groups in total. The minimum Gasteiger partial charge on any atom is -0.308 e. The fourth-order valence-corrected chi connectivity index (χ4v) is 3.52. The lowest BCUT2D eigenvalue weighted by atomic mass is 10.2. The molecule has 7 nitrogen and oxygen atoms in total. The van der Waals surface area contributed by atoms with Crippen LogP contribution in [0.1, 0.15) is 11.1 Å². The molecule has 7 heteroatoms. The number of hydrazine groups is 2. The highest BCUT2D eigenvalue weighted by molar-refractivity contribution is 6.00. The molecule has 0 aliphatic carbocycles. The Morgan fingerprint density at radius 3 is 2.38 bits per heavy atom. The van der Waals surface area contributed by atoms with Crippen molar-refractivity contribution in [2.75, 3.05) is 29.2 Å². The molecule has 0 spiro atoms. The number of urea groups is 1. The SMILES string of the molecule is Cc1ccccc1NC(=O)Nc1ccc(N2C=C(CN(C)Cc3ccccc3)NN2)cc1. The molecule has 4 rings (SSSR count). The van der Waals surface area contributed by atoms with E-state index in [1.165, 1.54) is 5.56 Å². The van der Waals surface area contributed by atoms with Gasteiger partial charge < -0.3 is 16.1 Å². The fraction of sp³-hybridized carbons (Fsp3) is 0.160. The van der Waals surface area contributed by atoms with E-state index < -0.39 is 0 Å². The van der Waals surface area contributed by atoms with Gasteiger partial charge in [0.05, 0.1) is 11.4 Å². The van der Waals surface area contributed by atoms with Crippen molar-refractivity contribution in [3.05, 3.63) is 102 Å². The van der Waals surface area contributed by atoms with Crippen LogP contribution in [0.3, 0.4) is 0 Å². The van der Waals surface area contributed by atoms with Gasteiger partial charge in [-0.15, -0.1) is 5.53 Å². The highest BCUT2D eigenvalue weighted by Gasteiger charge is 2.15. The second kappa shape index (κ2) is 10.00. The van der Waals surface area contributed by atoms with Crippen LogP contribution in [0.5, 0.6) is 0 Å². The van der Waals surface area contributed by atoms with Crippen molar-refractivity contribution in [3.8, 4) is 0 Å². The van der Waals surface area contributed by atoms with Gasteiger partial charge in [0.2, 0.25) is 0 Å². The maximum Gasteiger partial charge on any atom is 0.323 e. The maximum atomic E-state index is 12.3. The lowest BCUT2D eigenvalue weighted by Gasteiger charge is -2.17. The molecule has 164 valence electrons. The first kappa shape index (κ1) is 21.4. The number of rotatable bonds is 7. The lowest BCUT2D eigenvalue weighted by Crippen LogP contribution is -2.37. The van der Waals surface area contributed by atoms with Crippen molar-refractivity contribution in [1.29, 1.82) is 0 Å². The topological polar surface area (TPSA) is 71.7 Å². The van der Waals surface area contributed by atoms with Gasteiger partial charge in [-0.2, -0.15) is 0 Å². The van der Waals surface area contributed by atoms with E-state index in [1.807, 2.05) is 72.7 Å². The smallest absolute Gasteiger partial charge is 0.308 e. The first-order chi connectivity index (χ1) is 15.6. The van der Waals surface area contributed by atoms with Gasteiger partial charge in [0.15, 0.2) is 0 Å². The first-order valence-corrected chi connectivity index (χ1v) is 10.5. The number of aryl methyl sites for hydroxylation is 1. The molecule has 3 aromatic rings. The molecule has 0 radical (unpaired) electrons. The van der Waals surface area contributed by atoms with Gasteiger partial charge >= 0.3 is 6.03 Å². The standard InChI is InChI=1S/C25H28N6O/c1-19-8-6-7-11-24(19)27-25(32)26-21-12-14-23(15-13-21)31-18-22(28-29-31)17-30(2)16-20-9-4-3-5-10-20/h3-15,18,28-29H,16-17H2,1-2H3,(H2,26,27,32). The van der Waals surface area contributed by atoms with E-state index in [2.05, 4.69) is 57.8 Å². The monoisotopic (exact) mass is 428 g/mol. The number of carbonyl (C=O) groups is 1. The van der Waals surface area contributed by atoms with Crippen molar-refractivity contribution in [2.24, 2.45) is 0 Å². The van der Waals surface area contributed by atoms with E-state index >= 15 is 0 Å². The Bertz CT molecular complexity index is 1080. The van der Waals surface area contributed by atoms with Gasteiger partial charge in [0, 0.05) is 30.7 Å². The summed E-state index contributed by atoms with van der Waals surface area (Å²) in [5.74, 6) is 0. The van der Waals surface area contributed by atoms with Gasteiger partial charge in [-0.1, -0.05) is 48.5 Å². The van der Waals surface area contributed by atoms with Crippen LogP contribution in [-0.4, -0.2) is 24.5 Å². The van der Waals surface area contributed by atoms with Crippen LogP contribution in [0.25, 0.3) is 0 Å². The third kappa shape index (κ3) is 5.66. The summed E-state index contributed by atoms with van der Waals surface area (Å²) in [6, 6.07) is 25.5. The molecule has 0 saturated heterocycles. The molecular weight excluding hydrogens is 400 g/mol. The number of carbonyl (C=O) groups excluding carboxylic acids is 1. The number of hydrogen-bond donors (Lipinski definition) is 4. The number of likely N-dealkylation sites (N-methyl/N-ethyl adjacent to an activating group) is 1. The van der Waals surface area contributed by atoms with Crippen LogP contribution in [0, 0.1) is 6.92 Å². The van der Waals surface area contributed by atoms with E-state index in [-0.39, 0.29) is 6.03 Å². The summed E-state index contributed by atoms with van der Waals surface area (Å²) in [7, 11) is 2.10. The summed E-state index contributed by atoms with van der Waals surface area (Å²) >= 11 is 0. The molecule has 2 amide bonds. The van der Waals surface area contributed by atoms with E-state index in [1.54, 1.807) is 0 Å². The number of para-hydroxylation sites is 1.